The van der Waals surface area contributed by atoms with Crippen LogP contribution in [0.15, 0.2) is 18.2 Å². The molecule has 1 aliphatic carbocycles. The van der Waals surface area contributed by atoms with E-state index in [4.69, 9.17) is 5.73 Å². The topological polar surface area (TPSA) is 43.8 Å². The summed E-state index contributed by atoms with van der Waals surface area (Å²) in [5.41, 5.74) is 9.84. The monoisotopic (exact) mass is 229 g/mol. The number of hydrogen-bond acceptors (Lipinski definition) is 2. The van der Waals surface area contributed by atoms with Crippen LogP contribution >= 0.6 is 0 Å². The molecule has 1 saturated carbocycles. The van der Waals surface area contributed by atoms with Gasteiger partial charge in [-0.25, -0.2) is 0 Å². The zero-order valence-electron chi connectivity index (χ0n) is 10.7. The van der Waals surface area contributed by atoms with Crippen LogP contribution < -0.4 is 5.73 Å². The lowest BCUT2D eigenvalue weighted by Gasteiger charge is -2.10. The fraction of sp³-hybridized carbons (Fsp3) is 0.500. The van der Waals surface area contributed by atoms with Gasteiger partial charge >= 0.3 is 0 Å². The van der Waals surface area contributed by atoms with Gasteiger partial charge in [0.25, 0.3) is 0 Å². The largest absolute Gasteiger partial charge is 0.321 e. The number of hydrogen-bond donors (Lipinski definition) is 1. The van der Waals surface area contributed by atoms with Gasteiger partial charge in [0.1, 0.15) is 0 Å². The highest BCUT2D eigenvalue weighted by atomic mass is 15.3. The third-order valence-electron chi connectivity index (χ3n) is 3.79. The lowest BCUT2D eigenvalue weighted by molar-refractivity contribution is 0.677. The second kappa shape index (κ2) is 3.33. The first-order valence-electron chi connectivity index (χ1n) is 6.27. The van der Waals surface area contributed by atoms with Gasteiger partial charge in [-0.2, -0.15) is 5.10 Å². The van der Waals surface area contributed by atoms with Crippen LogP contribution in [0.4, 0.5) is 0 Å². The van der Waals surface area contributed by atoms with E-state index in [1.54, 1.807) is 0 Å². The van der Waals surface area contributed by atoms with E-state index in [0.717, 1.165) is 18.4 Å². The molecule has 0 saturated heterocycles. The third-order valence-corrected chi connectivity index (χ3v) is 3.79. The number of benzene rings is 1. The Bertz CT molecular complexity index is 576. The summed E-state index contributed by atoms with van der Waals surface area (Å²) in [4.78, 5) is 0. The van der Waals surface area contributed by atoms with Gasteiger partial charge in [0.2, 0.25) is 0 Å². The average Bonchev–Trinajstić information content (AvgIpc) is 2.91. The molecule has 17 heavy (non-hydrogen) atoms. The Morgan fingerprint density at radius 3 is 2.65 bits per heavy atom. The number of aromatic nitrogens is 2. The fourth-order valence-electron chi connectivity index (χ4n) is 2.64. The molecule has 1 aliphatic rings. The van der Waals surface area contributed by atoms with E-state index in [1.807, 2.05) is 11.7 Å². The Labute approximate surface area is 102 Å². The van der Waals surface area contributed by atoms with E-state index in [1.165, 1.54) is 16.6 Å². The number of nitrogens with two attached hydrogens (primary N) is 1. The molecule has 0 radical (unpaired) electrons. The fourth-order valence-corrected chi connectivity index (χ4v) is 2.64. The van der Waals surface area contributed by atoms with Crippen LogP contribution in [0.25, 0.3) is 10.9 Å². The van der Waals surface area contributed by atoms with Gasteiger partial charge in [-0.15, -0.1) is 0 Å². The molecule has 0 unspecified atom stereocenters. The highest BCUT2D eigenvalue weighted by molar-refractivity contribution is 5.83. The molecule has 0 spiro atoms. The van der Waals surface area contributed by atoms with Crippen molar-refractivity contribution in [2.75, 3.05) is 0 Å². The quantitative estimate of drug-likeness (QED) is 0.860. The molecular weight excluding hydrogens is 210 g/mol. The van der Waals surface area contributed by atoms with E-state index in [2.05, 4.69) is 37.1 Å². The summed E-state index contributed by atoms with van der Waals surface area (Å²) in [7, 11) is 2.02. The molecule has 0 bridgehead atoms. The minimum absolute atomic E-state index is 0.0573. The maximum Gasteiger partial charge on any atom is 0.0926 e. The van der Waals surface area contributed by atoms with Crippen molar-refractivity contribution in [1.82, 2.24) is 9.78 Å². The van der Waals surface area contributed by atoms with Crippen molar-refractivity contribution in [3.63, 3.8) is 0 Å². The summed E-state index contributed by atoms with van der Waals surface area (Å²) in [6.07, 6.45) is 2.21. The predicted octanol–water partition coefficient (Wildman–Crippen LogP) is 2.64. The molecule has 3 nitrogen and oxygen atoms in total. The predicted molar refractivity (Wildman–Crippen MR) is 69.9 cm³/mol. The highest BCUT2D eigenvalue weighted by Gasteiger charge is 2.40. The van der Waals surface area contributed by atoms with Gasteiger partial charge in [-0.05, 0) is 36.5 Å². The Balaban J connectivity index is 2.23. The van der Waals surface area contributed by atoms with Crippen LogP contribution in [0.3, 0.4) is 0 Å². The number of aryl methyl sites for hydroxylation is 1. The molecule has 1 heterocycles. The van der Waals surface area contributed by atoms with Crippen molar-refractivity contribution < 1.29 is 0 Å². The summed E-state index contributed by atoms with van der Waals surface area (Å²) in [5, 5.41) is 5.81. The van der Waals surface area contributed by atoms with Gasteiger partial charge in [0.05, 0.1) is 5.52 Å². The van der Waals surface area contributed by atoms with Crippen molar-refractivity contribution >= 4 is 10.9 Å². The zero-order chi connectivity index (χ0) is 12.2. The highest BCUT2D eigenvalue weighted by Crippen LogP contribution is 2.43. The standard InChI is InChI=1S/C14H19N3/c1-9(2)13-11-8-10(14(15)6-7-14)4-5-12(11)16-17(13)3/h4-5,8-9H,6-7,15H2,1-3H3. The van der Waals surface area contributed by atoms with E-state index in [9.17, 15) is 0 Å². The van der Waals surface area contributed by atoms with E-state index in [-0.39, 0.29) is 5.54 Å². The molecule has 1 aromatic carbocycles. The molecule has 0 atom stereocenters. The van der Waals surface area contributed by atoms with Crippen molar-refractivity contribution in [2.45, 2.75) is 38.1 Å². The van der Waals surface area contributed by atoms with Crippen LogP contribution in [0.2, 0.25) is 0 Å². The molecule has 0 amide bonds. The maximum atomic E-state index is 6.26. The number of rotatable bonds is 2. The van der Waals surface area contributed by atoms with Gasteiger partial charge < -0.3 is 5.73 Å². The van der Waals surface area contributed by atoms with Crippen LogP contribution in [0.1, 0.15) is 43.9 Å². The summed E-state index contributed by atoms with van der Waals surface area (Å²) in [6, 6.07) is 6.47. The molecule has 3 heteroatoms. The van der Waals surface area contributed by atoms with Crippen molar-refractivity contribution in [3.8, 4) is 0 Å². The van der Waals surface area contributed by atoms with Gasteiger partial charge in [-0.1, -0.05) is 19.9 Å². The first-order chi connectivity index (χ1) is 8.01. The minimum Gasteiger partial charge on any atom is -0.321 e. The van der Waals surface area contributed by atoms with Gasteiger partial charge in [0, 0.05) is 23.7 Å². The Morgan fingerprint density at radius 2 is 2.06 bits per heavy atom. The second-order valence-electron chi connectivity index (χ2n) is 5.55. The molecule has 3 rings (SSSR count). The summed E-state index contributed by atoms with van der Waals surface area (Å²) >= 11 is 0. The smallest absolute Gasteiger partial charge is 0.0926 e. The lowest BCUT2D eigenvalue weighted by Crippen LogP contribution is -2.18. The molecule has 1 aromatic heterocycles. The minimum atomic E-state index is -0.0573. The Morgan fingerprint density at radius 1 is 1.35 bits per heavy atom. The number of fused-ring (bicyclic) bond motifs is 1. The summed E-state index contributed by atoms with van der Waals surface area (Å²) in [5.74, 6) is 0.480. The Kier molecular flexibility index (Phi) is 2.11. The van der Waals surface area contributed by atoms with Crippen molar-refractivity contribution in [1.29, 1.82) is 0 Å². The van der Waals surface area contributed by atoms with Crippen LogP contribution in [0.5, 0.6) is 0 Å². The molecule has 2 aromatic rings. The molecule has 1 fully saturated rings. The molecular formula is C14H19N3. The van der Waals surface area contributed by atoms with Crippen LogP contribution in [-0.2, 0) is 12.6 Å². The van der Waals surface area contributed by atoms with E-state index < -0.39 is 0 Å². The SMILES string of the molecule is CC(C)c1c2cc(C3(N)CC3)ccc2nn1C. The first-order valence-corrected chi connectivity index (χ1v) is 6.27. The molecule has 0 aliphatic heterocycles. The Hall–Kier alpha value is -1.35. The van der Waals surface area contributed by atoms with Gasteiger partial charge in [-0.3, -0.25) is 4.68 Å². The van der Waals surface area contributed by atoms with E-state index in [0.29, 0.717) is 5.92 Å². The molecule has 90 valence electrons. The van der Waals surface area contributed by atoms with Crippen molar-refractivity contribution in [2.24, 2.45) is 12.8 Å². The molecule has 2 N–H and O–H groups in total. The van der Waals surface area contributed by atoms with Crippen molar-refractivity contribution in [3.05, 3.63) is 29.5 Å². The van der Waals surface area contributed by atoms with Gasteiger partial charge in [0.15, 0.2) is 0 Å². The summed E-state index contributed by atoms with van der Waals surface area (Å²) in [6.45, 7) is 4.41. The zero-order valence-corrected chi connectivity index (χ0v) is 10.7. The van der Waals surface area contributed by atoms with Crippen LogP contribution in [0, 0.1) is 0 Å². The first kappa shape index (κ1) is 10.8. The second-order valence-corrected chi connectivity index (χ2v) is 5.55. The lowest BCUT2D eigenvalue weighted by atomic mass is 10.00. The number of nitrogens with zero attached hydrogens (tertiary/aromatic N) is 2. The average molecular weight is 229 g/mol. The summed E-state index contributed by atoms with van der Waals surface area (Å²) < 4.78 is 2.00. The normalized spacial score (nSPS) is 17.9. The van der Waals surface area contributed by atoms with E-state index >= 15 is 0 Å². The van der Waals surface area contributed by atoms with Crippen LogP contribution in [-0.4, -0.2) is 9.78 Å². The third kappa shape index (κ3) is 1.57. The maximum absolute atomic E-state index is 6.26.